The van der Waals surface area contributed by atoms with Crippen LogP contribution in [0.2, 0.25) is 0 Å². The van der Waals surface area contributed by atoms with Crippen LogP contribution < -0.4 is 11.5 Å². The fraction of sp³-hybridized carbons (Fsp3) is 0.273. The van der Waals surface area contributed by atoms with Crippen molar-refractivity contribution in [2.24, 2.45) is 5.73 Å². The SMILES string of the molecule is Cc1cccc(C=CCCN)c1N. The van der Waals surface area contributed by atoms with Crippen LogP contribution in [-0.2, 0) is 0 Å². The predicted molar refractivity (Wildman–Crippen MR) is 58.3 cm³/mol. The van der Waals surface area contributed by atoms with Gasteiger partial charge in [0.25, 0.3) is 0 Å². The van der Waals surface area contributed by atoms with Gasteiger partial charge in [0.1, 0.15) is 0 Å². The standard InChI is InChI=1S/C11H16N2/c1-9-5-4-7-10(11(9)13)6-2-3-8-12/h2,4-7H,3,8,12-13H2,1H3. The van der Waals surface area contributed by atoms with Crippen LogP contribution in [0.4, 0.5) is 5.69 Å². The van der Waals surface area contributed by atoms with Crippen molar-refractivity contribution in [3.8, 4) is 0 Å². The first-order chi connectivity index (χ1) is 6.25. The van der Waals surface area contributed by atoms with Crippen molar-refractivity contribution in [3.63, 3.8) is 0 Å². The number of aryl methyl sites for hydroxylation is 1. The molecule has 0 heterocycles. The van der Waals surface area contributed by atoms with E-state index in [0.29, 0.717) is 6.54 Å². The van der Waals surface area contributed by atoms with E-state index in [-0.39, 0.29) is 0 Å². The maximum atomic E-state index is 5.88. The van der Waals surface area contributed by atoms with Gasteiger partial charge < -0.3 is 11.5 Å². The van der Waals surface area contributed by atoms with E-state index in [2.05, 4.69) is 0 Å². The van der Waals surface area contributed by atoms with E-state index in [9.17, 15) is 0 Å². The molecule has 0 aliphatic carbocycles. The van der Waals surface area contributed by atoms with Crippen molar-refractivity contribution in [2.75, 3.05) is 12.3 Å². The molecule has 0 bridgehead atoms. The molecular weight excluding hydrogens is 160 g/mol. The Morgan fingerprint density at radius 2 is 2.15 bits per heavy atom. The number of nitrogens with two attached hydrogens (primary N) is 2. The van der Waals surface area contributed by atoms with Gasteiger partial charge in [-0.1, -0.05) is 30.4 Å². The molecule has 0 saturated carbocycles. The number of anilines is 1. The van der Waals surface area contributed by atoms with Gasteiger partial charge in [-0.25, -0.2) is 0 Å². The van der Waals surface area contributed by atoms with Crippen LogP contribution in [0.15, 0.2) is 24.3 Å². The average molecular weight is 176 g/mol. The third-order valence-corrected chi connectivity index (χ3v) is 1.99. The van der Waals surface area contributed by atoms with E-state index in [1.54, 1.807) is 0 Å². The number of hydrogen-bond donors (Lipinski definition) is 2. The van der Waals surface area contributed by atoms with Gasteiger partial charge in [-0.15, -0.1) is 0 Å². The number of hydrogen-bond acceptors (Lipinski definition) is 2. The lowest BCUT2D eigenvalue weighted by molar-refractivity contribution is 1.01. The third-order valence-electron chi connectivity index (χ3n) is 1.99. The molecule has 0 aromatic heterocycles. The maximum absolute atomic E-state index is 5.88. The van der Waals surface area contributed by atoms with E-state index >= 15 is 0 Å². The molecule has 4 N–H and O–H groups in total. The Morgan fingerprint density at radius 1 is 1.38 bits per heavy atom. The van der Waals surface area contributed by atoms with Crippen LogP contribution in [0.1, 0.15) is 17.5 Å². The minimum absolute atomic E-state index is 0.683. The second-order valence-electron chi connectivity index (χ2n) is 3.06. The van der Waals surface area contributed by atoms with Crippen LogP contribution in [0.5, 0.6) is 0 Å². The molecule has 0 atom stereocenters. The van der Waals surface area contributed by atoms with Crippen molar-refractivity contribution < 1.29 is 0 Å². The summed E-state index contributed by atoms with van der Waals surface area (Å²) in [5.41, 5.74) is 14.3. The van der Waals surface area contributed by atoms with Crippen LogP contribution in [0.3, 0.4) is 0 Å². The second kappa shape index (κ2) is 4.67. The van der Waals surface area contributed by atoms with Crippen LogP contribution in [0, 0.1) is 6.92 Å². The monoisotopic (exact) mass is 176 g/mol. The quantitative estimate of drug-likeness (QED) is 0.691. The van der Waals surface area contributed by atoms with Crippen molar-refractivity contribution in [3.05, 3.63) is 35.4 Å². The van der Waals surface area contributed by atoms with Gasteiger partial charge in [-0.05, 0) is 31.0 Å². The Hall–Kier alpha value is -1.28. The van der Waals surface area contributed by atoms with Gasteiger partial charge in [-0.2, -0.15) is 0 Å². The predicted octanol–water partition coefficient (Wildman–Crippen LogP) is 1.94. The molecule has 0 aliphatic rings. The van der Waals surface area contributed by atoms with Crippen LogP contribution in [-0.4, -0.2) is 6.54 Å². The molecular formula is C11H16N2. The normalized spacial score (nSPS) is 10.9. The van der Waals surface area contributed by atoms with E-state index in [0.717, 1.165) is 23.2 Å². The van der Waals surface area contributed by atoms with Crippen molar-refractivity contribution >= 4 is 11.8 Å². The van der Waals surface area contributed by atoms with Gasteiger partial charge in [-0.3, -0.25) is 0 Å². The molecule has 0 saturated heterocycles. The Labute approximate surface area is 79.2 Å². The minimum atomic E-state index is 0.683. The van der Waals surface area contributed by atoms with Gasteiger partial charge in [0.15, 0.2) is 0 Å². The number of benzene rings is 1. The molecule has 13 heavy (non-hydrogen) atoms. The van der Waals surface area contributed by atoms with E-state index < -0.39 is 0 Å². The van der Waals surface area contributed by atoms with Crippen LogP contribution in [0.25, 0.3) is 6.08 Å². The summed E-state index contributed by atoms with van der Waals surface area (Å²) in [6.45, 7) is 2.69. The Kier molecular flexibility index (Phi) is 3.53. The molecule has 1 rings (SSSR count). The fourth-order valence-corrected chi connectivity index (χ4v) is 1.16. The zero-order valence-corrected chi connectivity index (χ0v) is 7.96. The summed E-state index contributed by atoms with van der Waals surface area (Å²) in [7, 11) is 0. The number of nitrogen functional groups attached to an aromatic ring is 1. The zero-order valence-electron chi connectivity index (χ0n) is 7.96. The summed E-state index contributed by atoms with van der Waals surface area (Å²) in [4.78, 5) is 0. The molecule has 0 amide bonds. The molecule has 0 unspecified atom stereocenters. The van der Waals surface area contributed by atoms with Gasteiger partial charge in [0.05, 0.1) is 0 Å². The lowest BCUT2D eigenvalue weighted by atomic mass is 10.1. The molecule has 0 fully saturated rings. The molecule has 1 aromatic carbocycles. The van der Waals surface area contributed by atoms with Gasteiger partial charge >= 0.3 is 0 Å². The van der Waals surface area contributed by atoms with Crippen molar-refractivity contribution in [2.45, 2.75) is 13.3 Å². The summed E-state index contributed by atoms with van der Waals surface area (Å²) in [6, 6.07) is 6.03. The second-order valence-corrected chi connectivity index (χ2v) is 3.06. The molecule has 0 aliphatic heterocycles. The molecule has 70 valence electrons. The lowest BCUT2D eigenvalue weighted by Gasteiger charge is -2.02. The summed E-state index contributed by atoms with van der Waals surface area (Å²) < 4.78 is 0. The molecule has 0 radical (unpaired) electrons. The summed E-state index contributed by atoms with van der Waals surface area (Å²) in [5.74, 6) is 0. The highest BCUT2D eigenvalue weighted by atomic mass is 14.6. The summed E-state index contributed by atoms with van der Waals surface area (Å²) >= 11 is 0. The first kappa shape index (κ1) is 9.81. The highest BCUT2D eigenvalue weighted by molar-refractivity contribution is 5.67. The van der Waals surface area contributed by atoms with Gasteiger partial charge in [0.2, 0.25) is 0 Å². The fourth-order valence-electron chi connectivity index (χ4n) is 1.16. The molecule has 1 aromatic rings. The third kappa shape index (κ3) is 2.60. The Bertz CT molecular complexity index is 303. The van der Waals surface area contributed by atoms with E-state index in [1.165, 1.54) is 0 Å². The average Bonchev–Trinajstić information content (AvgIpc) is 2.13. The maximum Gasteiger partial charge on any atom is 0.0417 e. The number of rotatable bonds is 3. The zero-order chi connectivity index (χ0) is 9.68. The largest absolute Gasteiger partial charge is 0.398 e. The molecule has 2 nitrogen and oxygen atoms in total. The van der Waals surface area contributed by atoms with Crippen molar-refractivity contribution in [1.82, 2.24) is 0 Å². The Balaban J connectivity index is 2.83. The van der Waals surface area contributed by atoms with Crippen LogP contribution >= 0.6 is 0 Å². The molecule has 0 spiro atoms. The first-order valence-corrected chi connectivity index (χ1v) is 4.47. The van der Waals surface area contributed by atoms with E-state index in [1.807, 2.05) is 37.3 Å². The number of para-hydroxylation sites is 1. The first-order valence-electron chi connectivity index (χ1n) is 4.47. The lowest BCUT2D eigenvalue weighted by Crippen LogP contribution is -1.95. The molecule has 2 heteroatoms. The highest BCUT2D eigenvalue weighted by Crippen LogP contribution is 2.17. The van der Waals surface area contributed by atoms with E-state index in [4.69, 9.17) is 11.5 Å². The smallest absolute Gasteiger partial charge is 0.0417 e. The minimum Gasteiger partial charge on any atom is -0.398 e. The van der Waals surface area contributed by atoms with Gasteiger partial charge in [0, 0.05) is 5.69 Å². The Morgan fingerprint density at radius 3 is 2.85 bits per heavy atom. The summed E-state index contributed by atoms with van der Waals surface area (Å²) in [5, 5.41) is 0. The highest BCUT2D eigenvalue weighted by Gasteiger charge is 1.96. The topological polar surface area (TPSA) is 52.0 Å². The summed E-state index contributed by atoms with van der Waals surface area (Å²) in [6.07, 6.45) is 4.97. The van der Waals surface area contributed by atoms with Crippen molar-refractivity contribution in [1.29, 1.82) is 0 Å².